The topological polar surface area (TPSA) is 96.0 Å². The van der Waals surface area contributed by atoms with Crippen LogP contribution in [0.4, 0.5) is 5.69 Å². The van der Waals surface area contributed by atoms with Crippen molar-refractivity contribution in [2.75, 3.05) is 24.5 Å². The van der Waals surface area contributed by atoms with Crippen molar-refractivity contribution in [1.29, 1.82) is 0 Å². The maximum atomic E-state index is 14.0. The van der Waals surface area contributed by atoms with Crippen molar-refractivity contribution < 1.29 is 22.7 Å². The zero-order valence-corrected chi connectivity index (χ0v) is 23.8. The third kappa shape index (κ3) is 7.60. The van der Waals surface area contributed by atoms with Crippen molar-refractivity contribution in [3.63, 3.8) is 0 Å². The molecule has 0 aliphatic heterocycles. The summed E-state index contributed by atoms with van der Waals surface area (Å²) in [6.45, 7) is 5.77. The molecule has 0 aliphatic rings. The van der Waals surface area contributed by atoms with E-state index in [1.54, 1.807) is 49.4 Å². The fourth-order valence-electron chi connectivity index (χ4n) is 4.19. The highest BCUT2D eigenvalue weighted by molar-refractivity contribution is 7.92. The summed E-state index contributed by atoms with van der Waals surface area (Å²) in [7, 11) is -2.71. The fourth-order valence-corrected chi connectivity index (χ4v) is 5.64. The summed E-state index contributed by atoms with van der Waals surface area (Å²) in [5.74, 6) is -0.500. The van der Waals surface area contributed by atoms with Gasteiger partial charge < -0.3 is 15.0 Å². The first kappa shape index (κ1) is 29.7. The lowest BCUT2D eigenvalue weighted by molar-refractivity contribution is -0.139. The molecule has 1 N–H and O–H groups in total. The van der Waals surface area contributed by atoms with Gasteiger partial charge in [0, 0.05) is 13.1 Å². The molecule has 0 heterocycles. The number of ether oxygens (including phenoxy) is 1. The molecule has 0 saturated heterocycles. The Balaban J connectivity index is 2.02. The Hall–Kier alpha value is -3.85. The normalized spacial score (nSPS) is 11.9. The minimum absolute atomic E-state index is 0.0410. The van der Waals surface area contributed by atoms with E-state index in [4.69, 9.17) is 4.74 Å². The highest BCUT2D eigenvalue weighted by Gasteiger charge is 2.33. The van der Waals surface area contributed by atoms with E-state index in [0.717, 1.165) is 28.3 Å². The van der Waals surface area contributed by atoms with Crippen LogP contribution < -0.4 is 14.4 Å². The molecule has 3 aromatic carbocycles. The summed E-state index contributed by atoms with van der Waals surface area (Å²) >= 11 is 0. The van der Waals surface area contributed by atoms with Gasteiger partial charge in [-0.1, -0.05) is 73.5 Å². The monoisotopic (exact) mass is 551 g/mol. The summed E-state index contributed by atoms with van der Waals surface area (Å²) in [5.41, 5.74) is 2.08. The number of nitrogens with zero attached hydrogens (tertiary/aromatic N) is 2. The summed E-state index contributed by atoms with van der Waals surface area (Å²) in [5, 5.41) is 2.89. The first-order valence-electron chi connectivity index (χ1n) is 13.0. The zero-order chi connectivity index (χ0) is 28.4. The van der Waals surface area contributed by atoms with Crippen LogP contribution in [-0.4, -0.2) is 51.4 Å². The molecule has 9 heteroatoms. The molecule has 1 atom stereocenters. The first-order chi connectivity index (χ1) is 18.7. The average Bonchev–Trinajstić information content (AvgIpc) is 2.94. The maximum Gasteiger partial charge on any atom is 0.264 e. The van der Waals surface area contributed by atoms with Crippen LogP contribution in [0.15, 0.2) is 83.8 Å². The smallest absolute Gasteiger partial charge is 0.264 e. The fraction of sp³-hybridized carbons (Fsp3) is 0.333. The molecular weight excluding hydrogens is 514 g/mol. The minimum Gasteiger partial charge on any atom is -0.495 e. The van der Waals surface area contributed by atoms with E-state index in [0.29, 0.717) is 12.3 Å². The SMILES string of the molecule is CCCCNC(=O)[C@@H](C)N(Cc1cccc(C)c1)C(=O)CN(c1ccccc1OC)S(=O)(=O)c1ccccc1. The first-order valence-corrected chi connectivity index (χ1v) is 14.5. The summed E-state index contributed by atoms with van der Waals surface area (Å²) in [6, 6.07) is 21.4. The Morgan fingerprint density at radius 1 is 0.974 bits per heavy atom. The number of hydrogen-bond acceptors (Lipinski definition) is 5. The number of aryl methyl sites for hydroxylation is 1. The van der Waals surface area contributed by atoms with Crippen molar-refractivity contribution >= 4 is 27.5 Å². The van der Waals surface area contributed by atoms with Crippen LogP contribution in [0.25, 0.3) is 0 Å². The Morgan fingerprint density at radius 3 is 2.33 bits per heavy atom. The van der Waals surface area contributed by atoms with Crippen LogP contribution in [0.3, 0.4) is 0 Å². The van der Waals surface area contributed by atoms with E-state index in [2.05, 4.69) is 5.32 Å². The zero-order valence-electron chi connectivity index (χ0n) is 23.0. The molecule has 208 valence electrons. The maximum absolute atomic E-state index is 14.0. The number of carbonyl (C=O) groups excluding carboxylic acids is 2. The average molecular weight is 552 g/mol. The molecule has 3 aromatic rings. The summed E-state index contributed by atoms with van der Waals surface area (Å²) in [6.07, 6.45) is 1.74. The van der Waals surface area contributed by atoms with E-state index >= 15 is 0 Å². The van der Waals surface area contributed by atoms with Gasteiger partial charge >= 0.3 is 0 Å². The molecule has 0 fully saturated rings. The molecule has 0 unspecified atom stereocenters. The van der Waals surface area contributed by atoms with Gasteiger partial charge in [0.15, 0.2) is 0 Å². The van der Waals surface area contributed by atoms with Gasteiger partial charge in [0.2, 0.25) is 11.8 Å². The molecule has 8 nitrogen and oxygen atoms in total. The van der Waals surface area contributed by atoms with Gasteiger partial charge in [0.25, 0.3) is 10.0 Å². The summed E-state index contributed by atoms with van der Waals surface area (Å²) < 4.78 is 34.2. The highest BCUT2D eigenvalue weighted by atomic mass is 32.2. The van der Waals surface area contributed by atoms with Gasteiger partial charge in [0.05, 0.1) is 17.7 Å². The molecule has 2 amide bonds. The highest BCUT2D eigenvalue weighted by Crippen LogP contribution is 2.32. The van der Waals surface area contributed by atoms with Gasteiger partial charge in [-0.2, -0.15) is 0 Å². The van der Waals surface area contributed by atoms with E-state index in [-0.39, 0.29) is 23.0 Å². The number of amides is 2. The van der Waals surface area contributed by atoms with Crippen LogP contribution in [0.5, 0.6) is 5.75 Å². The molecule has 0 radical (unpaired) electrons. The molecule has 0 bridgehead atoms. The van der Waals surface area contributed by atoms with Crippen molar-refractivity contribution in [3.8, 4) is 5.75 Å². The number of unbranched alkanes of at least 4 members (excludes halogenated alkanes) is 1. The Bertz CT molecular complexity index is 1360. The Kier molecular flexibility index (Phi) is 10.5. The molecule has 0 aromatic heterocycles. The number of anilines is 1. The lowest BCUT2D eigenvalue weighted by atomic mass is 10.1. The molecular formula is C30H37N3O5S. The van der Waals surface area contributed by atoms with Gasteiger partial charge in [-0.15, -0.1) is 0 Å². The van der Waals surface area contributed by atoms with E-state index in [1.165, 1.54) is 24.1 Å². The second-order valence-electron chi connectivity index (χ2n) is 9.33. The van der Waals surface area contributed by atoms with Crippen LogP contribution in [0.2, 0.25) is 0 Å². The predicted molar refractivity (Wildman–Crippen MR) is 153 cm³/mol. The number of methoxy groups -OCH3 is 1. The molecule has 3 rings (SSSR count). The van der Waals surface area contributed by atoms with E-state index in [9.17, 15) is 18.0 Å². The lowest BCUT2D eigenvalue weighted by Crippen LogP contribution is -2.51. The third-order valence-corrected chi connectivity index (χ3v) is 8.17. The van der Waals surface area contributed by atoms with Crippen LogP contribution in [0, 0.1) is 6.92 Å². The van der Waals surface area contributed by atoms with Crippen molar-refractivity contribution in [3.05, 3.63) is 90.0 Å². The van der Waals surface area contributed by atoms with Gasteiger partial charge in [0.1, 0.15) is 18.3 Å². The van der Waals surface area contributed by atoms with Crippen molar-refractivity contribution in [2.24, 2.45) is 0 Å². The van der Waals surface area contributed by atoms with Gasteiger partial charge in [-0.25, -0.2) is 8.42 Å². The van der Waals surface area contributed by atoms with Crippen LogP contribution in [0.1, 0.15) is 37.8 Å². The number of benzene rings is 3. The largest absolute Gasteiger partial charge is 0.495 e. The van der Waals surface area contributed by atoms with Gasteiger partial charge in [-0.3, -0.25) is 13.9 Å². The molecule has 0 spiro atoms. The predicted octanol–water partition coefficient (Wildman–Crippen LogP) is 4.53. The van der Waals surface area contributed by atoms with Crippen molar-refractivity contribution in [1.82, 2.24) is 10.2 Å². The van der Waals surface area contributed by atoms with E-state index in [1.807, 2.05) is 38.1 Å². The molecule has 0 aliphatic carbocycles. The number of nitrogens with one attached hydrogen (secondary N) is 1. The van der Waals surface area contributed by atoms with Crippen LogP contribution in [-0.2, 0) is 26.2 Å². The number of sulfonamides is 1. The Labute approximate surface area is 231 Å². The summed E-state index contributed by atoms with van der Waals surface area (Å²) in [4.78, 5) is 28.5. The standard InChI is InChI=1S/C30H37N3O5S/c1-5-6-19-31-30(35)24(3)32(21-25-14-12-13-23(2)20-25)29(34)22-33(27-17-10-11-18-28(27)38-4)39(36,37)26-15-8-7-9-16-26/h7-18,20,24H,5-6,19,21-22H2,1-4H3,(H,31,35)/t24-/m1/s1. The number of hydrogen-bond donors (Lipinski definition) is 1. The molecule has 0 saturated carbocycles. The second-order valence-corrected chi connectivity index (χ2v) is 11.2. The van der Waals surface area contributed by atoms with E-state index < -0.39 is 28.5 Å². The van der Waals surface area contributed by atoms with Gasteiger partial charge in [-0.05, 0) is 50.1 Å². The van der Waals surface area contributed by atoms with Crippen molar-refractivity contribution in [2.45, 2.75) is 51.1 Å². The number of rotatable bonds is 13. The quantitative estimate of drug-likeness (QED) is 0.315. The van der Waals surface area contributed by atoms with Crippen LogP contribution >= 0.6 is 0 Å². The Morgan fingerprint density at radius 2 is 1.67 bits per heavy atom. The lowest BCUT2D eigenvalue weighted by Gasteiger charge is -2.32. The number of para-hydroxylation sites is 2. The second kappa shape index (κ2) is 13.8. The number of carbonyl (C=O) groups is 2. The molecule has 39 heavy (non-hydrogen) atoms. The third-order valence-electron chi connectivity index (χ3n) is 6.40. The minimum atomic E-state index is -4.15.